The maximum atomic E-state index is 10.3. The molecule has 23 heavy (non-hydrogen) atoms. The van der Waals surface area contributed by atoms with Crippen LogP contribution in [0.15, 0.2) is 0 Å². The van der Waals surface area contributed by atoms with Gasteiger partial charge < -0.3 is 5.32 Å². The van der Waals surface area contributed by atoms with Gasteiger partial charge in [0.2, 0.25) is 5.91 Å². The normalized spacial score (nSPS) is 13.3. The molecule has 5 nitrogen and oxygen atoms in total. The summed E-state index contributed by atoms with van der Waals surface area (Å²) in [6.07, 6.45) is 9.92. The fourth-order valence-corrected chi connectivity index (χ4v) is 2.05. The monoisotopic (exact) mass is 446 g/mol. The van der Waals surface area contributed by atoms with E-state index in [0.717, 1.165) is 13.0 Å². The van der Waals surface area contributed by atoms with E-state index >= 15 is 0 Å². The number of halogens is 1. The van der Waals surface area contributed by atoms with E-state index in [1.54, 1.807) is 29.9 Å². The van der Waals surface area contributed by atoms with Gasteiger partial charge in [-0.25, -0.2) is 0 Å². The van der Waals surface area contributed by atoms with Gasteiger partial charge in [0.05, 0.1) is 0 Å². The van der Waals surface area contributed by atoms with E-state index in [4.69, 9.17) is 0 Å². The first kappa shape index (κ1) is 27.9. The molecule has 1 rings (SSSR count). The molecular weight excluding hydrogens is 407 g/mol. The Kier molecular flexibility index (Phi) is 32.7. The summed E-state index contributed by atoms with van der Waals surface area (Å²) >= 11 is 1.70. The summed E-state index contributed by atoms with van der Waals surface area (Å²) < 4.78 is 4.40. The first-order valence-electron chi connectivity index (χ1n) is 9.15. The van der Waals surface area contributed by atoms with Gasteiger partial charge in [-0.05, 0) is 19.3 Å². The minimum absolute atomic E-state index is 0.0751. The first-order valence-corrected chi connectivity index (χ1v) is 10.0. The summed E-state index contributed by atoms with van der Waals surface area (Å²) in [6, 6.07) is 0.503. The minimum Gasteiger partial charge on any atom is -0.356 e. The molecule has 0 unspecified atom stereocenters. The second-order valence-electron chi connectivity index (χ2n) is 4.79. The highest BCUT2D eigenvalue weighted by Gasteiger charge is 2.12. The molecule has 1 aliphatic carbocycles. The van der Waals surface area contributed by atoms with Gasteiger partial charge in [-0.1, -0.05) is 66.7 Å². The third kappa shape index (κ3) is 27.2. The third-order valence-electron chi connectivity index (χ3n) is 3.01. The Hall–Kier alpha value is 0.0800. The molecule has 0 radical (unpaired) electrons. The second kappa shape index (κ2) is 27.0. The van der Waals surface area contributed by atoms with E-state index in [-0.39, 0.29) is 5.91 Å². The van der Waals surface area contributed by atoms with E-state index in [0.29, 0.717) is 6.04 Å². The van der Waals surface area contributed by atoms with Crippen LogP contribution < -0.4 is 10.8 Å². The average molecular weight is 446 g/mol. The quantitative estimate of drug-likeness (QED) is 0.235. The van der Waals surface area contributed by atoms with Crippen molar-refractivity contribution in [2.24, 2.45) is 0 Å². The highest BCUT2D eigenvalue weighted by Crippen LogP contribution is 2.17. The van der Waals surface area contributed by atoms with Crippen molar-refractivity contribution in [2.75, 3.05) is 6.54 Å². The number of unbranched alkanes of at least 4 members (excludes halogenated alkanes) is 2. The smallest absolute Gasteiger partial charge is 0.216 e. The molecule has 0 saturated heterocycles. The summed E-state index contributed by atoms with van der Waals surface area (Å²) in [6.45, 7) is 12.5. The fraction of sp³-hybridized carbons (Fsp3) is 0.941. The van der Waals surface area contributed by atoms with Crippen molar-refractivity contribution in [2.45, 2.75) is 99.0 Å². The highest BCUT2D eigenvalue weighted by atomic mass is 127. The number of carbonyl (C=O) groups is 1. The lowest BCUT2D eigenvalue weighted by atomic mass is 9.96. The van der Waals surface area contributed by atoms with E-state index in [1.165, 1.54) is 44.9 Å². The second-order valence-corrected chi connectivity index (χ2v) is 5.15. The van der Waals surface area contributed by atoms with Crippen molar-refractivity contribution >= 4 is 28.9 Å². The van der Waals surface area contributed by atoms with Crippen LogP contribution in [0, 0.1) is 0 Å². The van der Waals surface area contributed by atoms with Crippen LogP contribution in [0.3, 0.4) is 0 Å². The van der Waals surface area contributed by atoms with E-state index in [2.05, 4.69) is 25.9 Å². The molecule has 1 amide bonds. The molecule has 0 atom stereocenters. The summed E-state index contributed by atoms with van der Waals surface area (Å²) in [5.41, 5.74) is 2.84. The number of carbonyl (C=O) groups excluding carboxylic acids is 1. The van der Waals surface area contributed by atoms with Crippen LogP contribution >= 0.6 is 23.0 Å². The molecule has 1 aliphatic rings. The number of hydroxylamine groups is 1. The van der Waals surface area contributed by atoms with Crippen molar-refractivity contribution < 1.29 is 13.0 Å². The van der Waals surface area contributed by atoms with Crippen LogP contribution in [0.5, 0.6) is 0 Å². The van der Waals surface area contributed by atoms with E-state index in [1.807, 2.05) is 27.7 Å². The van der Waals surface area contributed by atoms with Crippen molar-refractivity contribution in [1.29, 1.82) is 0 Å². The zero-order valence-electron chi connectivity index (χ0n) is 16.0. The van der Waals surface area contributed by atoms with Gasteiger partial charge in [0.1, 0.15) is 0 Å². The maximum absolute atomic E-state index is 10.3. The molecule has 0 aromatic carbocycles. The Morgan fingerprint density at radius 2 is 1.65 bits per heavy atom. The zero-order valence-corrected chi connectivity index (χ0v) is 18.2. The molecule has 0 bridgehead atoms. The molecule has 0 aliphatic heterocycles. The van der Waals surface area contributed by atoms with Gasteiger partial charge in [-0.15, -0.1) is 8.21 Å². The van der Waals surface area contributed by atoms with Crippen molar-refractivity contribution in [3.05, 3.63) is 0 Å². The molecule has 0 aromatic rings. The van der Waals surface area contributed by atoms with Gasteiger partial charge >= 0.3 is 0 Å². The number of hydrogen-bond acceptors (Lipinski definition) is 4. The Morgan fingerprint density at radius 3 is 2.09 bits per heavy atom. The van der Waals surface area contributed by atoms with Crippen LogP contribution in [-0.2, 0) is 13.0 Å². The predicted octanol–water partition coefficient (Wildman–Crippen LogP) is 5.49. The Bertz CT molecular complexity index is 214. The largest absolute Gasteiger partial charge is 0.356 e. The molecule has 0 aromatic heterocycles. The predicted molar refractivity (Wildman–Crippen MR) is 107 cm³/mol. The molecular formula is C17H39IN2O3. The van der Waals surface area contributed by atoms with Crippen molar-refractivity contribution in [3.63, 3.8) is 0 Å². The molecule has 6 heteroatoms. The first-order chi connectivity index (χ1) is 11.2. The summed E-state index contributed by atoms with van der Waals surface area (Å²) in [7, 11) is 0. The summed E-state index contributed by atoms with van der Waals surface area (Å²) in [4.78, 5) is 14.9. The number of rotatable bonds is 7. The highest BCUT2D eigenvalue weighted by molar-refractivity contribution is 14.1. The topological polar surface area (TPSA) is 59.6 Å². The lowest BCUT2D eigenvalue weighted by Gasteiger charge is -2.20. The zero-order chi connectivity index (χ0) is 18.3. The molecule has 1 saturated carbocycles. The molecule has 1 fully saturated rings. The Labute approximate surface area is 158 Å². The fourth-order valence-electron chi connectivity index (χ4n) is 1.95. The lowest BCUT2D eigenvalue weighted by molar-refractivity contribution is -0.234. The van der Waals surface area contributed by atoms with Gasteiger partial charge in [-0.3, -0.25) is 4.79 Å². The van der Waals surface area contributed by atoms with Gasteiger partial charge in [-0.2, -0.15) is 5.48 Å². The maximum Gasteiger partial charge on any atom is 0.216 e. The average Bonchev–Trinajstić information content (AvgIpc) is 2.62. The van der Waals surface area contributed by atoms with Crippen LogP contribution in [-0.4, -0.2) is 18.5 Å². The number of amides is 1. The Morgan fingerprint density at radius 1 is 1.09 bits per heavy atom. The summed E-state index contributed by atoms with van der Waals surface area (Å²) in [5.74, 6) is 0.0751. The van der Waals surface area contributed by atoms with Crippen LogP contribution in [0.4, 0.5) is 0 Å². The Balaban J connectivity index is -0.000000287. The molecule has 0 spiro atoms. The number of nitrogens with one attached hydrogen (secondary N) is 2. The van der Waals surface area contributed by atoms with Crippen LogP contribution in [0.2, 0.25) is 0 Å². The van der Waals surface area contributed by atoms with Gasteiger partial charge in [0.15, 0.2) is 23.0 Å². The van der Waals surface area contributed by atoms with E-state index in [9.17, 15) is 4.79 Å². The standard InChI is InChI=1S/C7H15NO.C6H12INO2.2C2H6/c1-3-4-5-6-8-7(2)9;7-9-10-8-6-4-2-1-3-5-6;2*1-2/h3-6H2,1-2H3,(H,8,9);6,8H,1-5H2;2*1-2H3. The lowest BCUT2D eigenvalue weighted by Crippen LogP contribution is -2.30. The van der Waals surface area contributed by atoms with Gasteiger partial charge in [0, 0.05) is 19.5 Å². The SMILES string of the molecule is CC.CC.CCCCCNC(C)=O.IOONC1CCCCC1. The van der Waals surface area contributed by atoms with E-state index < -0.39 is 0 Å². The third-order valence-corrected chi connectivity index (χ3v) is 3.19. The number of hydrogen-bond donors (Lipinski definition) is 2. The minimum atomic E-state index is 0.0751. The van der Waals surface area contributed by atoms with Crippen molar-refractivity contribution in [3.8, 4) is 0 Å². The molecule has 0 heterocycles. The van der Waals surface area contributed by atoms with Crippen LogP contribution in [0.25, 0.3) is 0 Å². The molecule has 2 N–H and O–H groups in total. The van der Waals surface area contributed by atoms with Crippen LogP contribution in [0.1, 0.15) is 92.9 Å². The summed E-state index contributed by atoms with van der Waals surface area (Å²) in [5, 5.41) is 2.74. The van der Waals surface area contributed by atoms with Gasteiger partial charge in [0.25, 0.3) is 0 Å². The van der Waals surface area contributed by atoms with Crippen molar-refractivity contribution in [1.82, 2.24) is 10.8 Å². The molecule has 142 valence electrons.